The maximum atomic E-state index is 12.2. The minimum absolute atomic E-state index is 0.0190. The lowest BCUT2D eigenvalue weighted by Crippen LogP contribution is -2.37. The molecule has 0 N–H and O–H groups in total. The van der Waals surface area contributed by atoms with Crippen LogP contribution in [0.5, 0.6) is 0 Å². The van der Waals surface area contributed by atoms with Gasteiger partial charge >= 0.3 is 0 Å². The Bertz CT molecular complexity index is 435. The lowest BCUT2D eigenvalue weighted by molar-refractivity contribution is -0.126. The van der Waals surface area contributed by atoms with Crippen molar-refractivity contribution in [2.75, 3.05) is 25.5 Å². The number of amides is 1. The van der Waals surface area contributed by atoms with Crippen molar-refractivity contribution in [3.05, 3.63) is 0 Å². The molecular weight excluding hydrogens is 252 g/mol. The molecule has 0 radical (unpaired) electrons. The topological polar surface area (TPSA) is 57.7 Å². The molecule has 1 aliphatic carbocycles. The highest BCUT2D eigenvalue weighted by Crippen LogP contribution is 2.31. The highest BCUT2D eigenvalue weighted by Gasteiger charge is 2.39. The van der Waals surface area contributed by atoms with E-state index >= 15 is 0 Å². The second-order valence-electron chi connectivity index (χ2n) is 6.63. The second kappa shape index (κ2) is 4.49. The first-order valence-corrected chi connectivity index (χ1v) is 8.04. The Morgan fingerprint density at radius 3 is 2.39 bits per heavy atom. The standard InChI is InChI=1S/C12H22N2O3S/c1-12(2,3)8-18(16,17)14-7-11(15)13(9-14)6-10-4-5-10/h10H,4-9H2,1-3H3. The van der Waals surface area contributed by atoms with Crippen molar-refractivity contribution in [2.24, 2.45) is 11.3 Å². The molecule has 2 rings (SSSR count). The van der Waals surface area contributed by atoms with E-state index in [1.54, 1.807) is 4.90 Å². The summed E-state index contributed by atoms with van der Waals surface area (Å²) in [5.41, 5.74) is -0.286. The fourth-order valence-electron chi connectivity index (χ4n) is 2.17. The largest absolute Gasteiger partial charge is 0.327 e. The van der Waals surface area contributed by atoms with Gasteiger partial charge in [-0.15, -0.1) is 0 Å². The molecule has 104 valence electrons. The molecule has 6 heteroatoms. The number of hydrogen-bond acceptors (Lipinski definition) is 3. The van der Waals surface area contributed by atoms with Gasteiger partial charge in [-0.3, -0.25) is 4.79 Å². The molecule has 1 aliphatic heterocycles. The first-order valence-electron chi connectivity index (χ1n) is 6.43. The van der Waals surface area contributed by atoms with Gasteiger partial charge in [-0.2, -0.15) is 4.31 Å². The maximum Gasteiger partial charge on any atom is 0.239 e. The monoisotopic (exact) mass is 274 g/mol. The molecule has 1 heterocycles. The van der Waals surface area contributed by atoms with Crippen LogP contribution in [-0.2, 0) is 14.8 Å². The molecule has 0 aromatic carbocycles. The molecule has 5 nitrogen and oxygen atoms in total. The summed E-state index contributed by atoms with van der Waals surface area (Å²) < 4.78 is 25.7. The van der Waals surface area contributed by atoms with E-state index in [0.29, 0.717) is 5.92 Å². The lowest BCUT2D eigenvalue weighted by atomic mass is 10.0. The van der Waals surface area contributed by atoms with Crippen LogP contribution in [0, 0.1) is 11.3 Å². The van der Waals surface area contributed by atoms with Crippen molar-refractivity contribution in [3.63, 3.8) is 0 Å². The van der Waals surface area contributed by atoms with E-state index in [9.17, 15) is 13.2 Å². The van der Waals surface area contributed by atoms with Crippen LogP contribution < -0.4 is 0 Å². The van der Waals surface area contributed by atoms with E-state index < -0.39 is 10.0 Å². The molecule has 2 fully saturated rings. The molecular formula is C12H22N2O3S. The van der Waals surface area contributed by atoms with Gasteiger partial charge < -0.3 is 4.90 Å². The molecule has 0 aromatic rings. The van der Waals surface area contributed by atoms with E-state index in [1.165, 1.54) is 17.1 Å². The predicted octanol–water partition coefficient (Wildman–Crippen LogP) is 0.874. The minimum Gasteiger partial charge on any atom is -0.327 e. The third kappa shape index (κ3) is 3.45. The molecule has 0 aromatic heterocycles. The summed E-state index contributed by atoms with van der Waals surface area (Å²) in [6.45, 7) is 6.67. The molecule has 0 unspecified atom stereocenters. The number of hydrogen-bond donors (Lipinski definition) is 0. The van der Waals surface area contributed by atoms with Crippen molar-refractivity contribution in [1.29, 1.82) is 0 Å². The Morgan fingerprint density at radius 1 is 1.28 bits per heavy atom. The van der Waals surface area contributed by atoms with Gasteiger partial charge in [0.2, 0.25) is 15.9 Å². The Balaban J connectivity index is 1.99. The highest BCUT2D eigenvalue weighted by atomic mass is 32.2. The fraction of sp³-hybridized carbons (Fsp3) is 0.917. The predicted molar refractivity (Wildman–Crippen MR) is 69.3 cm³/mol. The van der Waals surface area contributed by atoms with Crippen molar-refractivity contribution >= 4 is 15.9 Å². The van der Waals surface area contributed by atoms with Crippen LogP contribution in [0.3, 0.4) is 0 Å². The normalized spacial score (nSPS) is 22.8. The zero-order chi connectivity index (χ0) is 13.6. The van der Waals surface area contributed by atoms with Crippen LogP contribution in [0.2, 0.25) is 0 Å². The van der Waals surface area contributed by atoms with Crippen molar-refractivity contribution in [3.8, 4) is 0 Å². The Hall–Kier alpha value is -0.620. The molecule has 1 amide bonds. The van der Waals surface area contributed by atoms with E-state index in [-0.39, 0.29) is 30.3 Å². The lowest BCUT2D eigenvalue weighted by Gasteiger charge is -2.23. The Morgan fingerprint density at radius 2 is 1.89 bits per heavy atom. The van der Waals surface area contributed by atoms with Crippen molar-refractivity contribution in [1.82, 2.24) is 9.21 Å². The number of carbonyl (C=O) groups excluding carboxylic acids is 1. The average Bonchev–Trinajstić information content (AvgIpc) is 2.87. The smallest absolute Gasteiger partial charge is 0.239 e. The number of rotatable bonds is 4. The zero-order valence-corrected chi connectivity index (χ0v) is 12.2. The van der Waals surface area contributed by atoms with E-state index in [0.717, 1.165) is 6.54 Å². The summed E-state index contributed by atoms with van der Waals surface area (Å²) in [7, 11) is -3.33. The summed E-state index contributed by atoms with van der Waals surface area (Å²) in [5.74, 6) is 0.628. The van der Waals surface area contributed by atoms with E-state index in [1.807, 2.05) is 20.8 Å². The van der Waals surface area contributed by atoms with Crippen LogP contribution in [0.4, 0.5) is 0 Å². The van der Waals surface area contributed by atoms with Gasteiger partial charge in [0.15, 0.2) is 0 Å². The van der Waals surface area contributed by atoms with Gasteiger partial charge in [0.05, 0.1) is 19.0 Å². The summed E-state index contributed by atoms with van der Waals surface area (Å²) in [6, 6.07) is 0. The van der Waals surface area contributed by atoms with Gasteiger partial charge in [-0.1, -0.05) is 20.8 Å². The van der Waals surface area contributed by atoms with Gasteiger partial charge in [0.25, 0.3) is 0 Å². The summed E-state index contributed by atoms with van der Waals surface area (Å²) in [6.07, 6.45) is 2.33. The average molecular weight is 274 g/mol. The van der Waals surface area contributed by atoms with Crippen LogP contribution in [0.15, 0.2) is 0 Å². The fourth-order valence-corrected chi connectivity index (χ4v) is 4.07. The Labute approximate surface area is 109 Å². The number of sulfonamides is 1. The van der Waals surface area contributed by atoms with Crippen LogP contribution >= 0.6 is 0 Å². The zero-order valence-electron chi connectivity index (χ0n) is 11.3. The van der Waals surface area contributed by atoms with Crippen LogP contribution in [0.25, 0.3) is 0 Å². The SMILES string of the molecule is CC(C)(C)CS(=O)(=O)N1CC(=O)N(CC2CC2)C1. The quantitative estimate of drug-likeness (QED) is 0.764. The highest BCUT2D eigenvalue weighted by molar-refractivity contribution is 7.89. The Kier molecular flexibility index (Phi) is 3.44. The first-order chi connectivity index (χ1) is 8.17. The first kappa shape index (κ1) is 13.8. The molecule has 18 heavy (non-hydrogen) atoms. The molecule has 0 spiro atoms. The molecule has 0 atom stereocenters. The molecule has 2 aliphatic rings. The van der Waals surface area contributed by atoms with Gasteiger partial charge in [0, 0.05) is 6.54 Å². The third-order valence-electron chi connectivity index (χ3n) is 3.18. The number of carbonyl (C=O) groups is 1. The van der Waals surface area contributed by atoms with Gasteiger partial charge in [-0.05, 0) is 24.2 Å². The van der Waals surface area contributed by atoms with Crippen molar-refractivity contribution in [2.45, 2.75) is 33.6 Å². The molecule has 1 saturated heterocycles. The van der Waals surface area contributed by atoms with E-state index in [2.05, 4.69) is 0 Å². The molecule has 1 saturated carbocycles. The summed E-state index contributed by atoms with van der Waals surface area (Å²) >= 11 is 0. The van der Waals surface area contributed by atoms with Crippen LogP contribution in [-0.4, -0.2) is 49.0 Å². The minimum atomic E-state index is -3.33. The van der Waals surface area contributed by atoms with E-state index in [4.69, 9.17) is 0 Å². The van der Waals surface area contributed by atoms with Crippen molar-refractivity contribution < 1.29 is 13.2 Å². The summed E-state index contributed by atoms with van der Waals surface area (Å²) in [4.78, 5) is 13.5. The summed E-state index contributed by atoms with van der Waals surface area (Å²) in [5, 5.41) is 0. The third-order valence-corrected chi connectivity index (χ3v) is 5.44. The van der Waals surface area contributed by atoms with Gasteiger partial charge in [-0.25, -0.2) is 8.42 Å². The molecule has 0 bridgehead atoms. The van der Waals surface area contributed by atoms with Gasteiger partial charge in [0.1, 0.15) is 0 Å². The number of nitrogens with zero attached hydrogens (tertiary/aromatic N) is 2. The second-order valence-corrected chi connectivity index (χ2v) is 8.60. The maximum absolute atomic E-state index is 12.2. The van der Waals surface area contributed by atoms with Crippen LogP contribution in [0.1, 0.15) is 33.6 Å².